The zero-order valence-corrected chi connectivity index (χ0v) is 5.15. The van der Waals surface area contributed by atoms with Crippen LogP contribution < -0.4 is 4.98 Å². The highest BCUT2D eigenvalue weighted by Crippen LogP contribution is 1.74. The Morgan fingerprint density at radius 1 is 1.67 bits per heavy atom. The number of nitrogens with one attached hydrogen (secondary N) is 1. The standard InChI is InChI=1S/C3H9NOSi/c1-2-5-3-6-4-1/h4H,1-3,6H2. The van der Waals surface area contributed by atoms with Crippen LogP contribution in [0.5, 0.6) is 0 Å². The third-order valence-electron chi connectivity index (χ3n) is 0.846. The molecule has 36 valence electrons. The van der Waals surface area contributed by atoms with Gasteiger partial charge in [0.05, 0.1) is 6.61 Å². The molecule has 0 unspecified atom stereocenters. The Bertz CT molecular complexity index is 26.3. The second-order valence-electron chi connectivity index (χ2n) is 1.36. The molecule has 0 saturated carbocycles. The van der Waals surface area contributed by atoms with Gasteiger partial charge in [0.2, 0.25) is 0 Å². The number of rotatable bonds is 0. The number of hydrogen-bond acceptors (Lipinski definition) is 2. The maximum atomic E-state index is 5.07. The summed E-state index contributed by atoms with van der Waals surface area (Å²) in [4.78, 5) is 3.30. The van der Waals surface area contributed by atoms with Crippen molar-refractivity contribution in [3.05, 3.63) is 0 Å². The molecule has 1 saturated heterocycles. The molecule has 0 aromatic rings. The molecule has 0 aromatic carbocycles. The first-order chi connectivity index (χ1) is 3.00. The van der Waals surface area contributed by atoms with Crippen molar-refractivity contribution in [2.24, 2.45) is 0 Å². The van der Waals surface area contributed by atoms with Crippen LogP contribution >= 0.6 is 0 Å². The van der Waals surface area contributed by atoms with Crippen molar-refractivity contribution in [1.82, 2.24) is 4.98 Å². The van der Waals surface area contributed by atoms with E-state index in [0.717, 1.165) is 19.4 Å². The maximum absolute atomic E-state index is 5.07. The molecule has 3 heteroatoms. The average Bonchev–Trinajstić information content (AvgIpc) is 1.72. The molecular formula is C3H9NOSi. The van der Waals surface area contributed by atoms with Gasteiger partial charge in [0.1, 0.15) is 9.68 Å². The first-order valence-electron chi connectivity index (χ1n) is 2.28. The van der Waals surface area contributed by atoms with Gasteiger partial charge in [-0.05, 0) is 0 Å². The Morgan fingerprint density at radius 3 is 2.83 bits per heavy atom. The van der Waals surface area contributed by atoms with Gasteiger partial charge in [-0.3, -0.25) is 0 Å². The summed E-state index contributed by atoms with van der Waals surface area (Å²) in [5.74, 6) is 0. The van der Waals surface area contributed by atoms with E-state index in [1.807, 2.05) is 0 Å². The molecule has 1 fully saturated rings. The summed E-state index contributed by atoms with van der Waals surface area (Å²) in [5, 5.41) is 0. The predicted octanol–water partition coefficient (Wildman–Crippen LogP) is -1.35. The molecule has 1 rings (SSSR count). The van der Waals surface area contributed by atoms with Crippen LogP contribution in [0.15, 0.2) is 0 Å². The molecule has 1 aliphatic heterocycles. The second kappa shape index (κ2) is 2.33. The molecule has 0 radical (unpaired) electrons. The Labute approximate surface area is 39.8 Å². The van der Waals surface area contributed by atoms with Crippen LogP contribution in [0.3, 0.4) is 0 Å². The lowest BCUT2D eigenvalue weighted by Crippen LogP contribution is -2.33. The van der Waals surface area contributed by atoms with E-state index in [9.17, 15) is 0 Å². The predicted molar refractivity (Wildman–Crippen MR) is 27.4 cm³/mol. The molecule has 1 N–H and O–H groups in total. The van der Waals surface area contributed by atoms with Gasteiger partial charge in [-0.1, -0.05) is 0 Å². The zero-order valence-electron chi connectivity index (χ0n) is 3.74. The number of hydrogen-bond donors (Lipinski definition) is 1. The van der Waals surface area contributed by atoms with Gasteiger partial charge in [-0.15, -0.1) is 0 Å². The molecule has 2 nitrogen and oxygen atoms in total. The highest BCUT2D eigenvalue weighted by Gasteiger charge is 1.94. The zero-order chi connectivity index (χ0) is 4.24. The Kier molecular flexibility index (Phi) is 1.67. The topological polar surface area (TPSA) is 21.3 Å². The van der Waals surface area contributed by atoms with Crippen molar-refractivity contribution in [1.29, 1.82) is 0 Å². The van der Waals surface area contributed by atoms with E-state index in [4.69, 9.17) is 4.74 Å². The minimum Gasteiger partial charge on any atom is -0.383 e. The number of ether oxygens (including phenoxy) is 1. The molecule has 0 amide bonds. The Morgan fingerprint density at radius 2 is 2.67 bits per heavy atom. The molecule has 0 atom stereocenters. The lowest BCUT2D eigenvalue weighted by atomic mass is 10.7. The van der Waals surface area contributed by atoms with E-state index in [1.165, 1.54) is 0 Å². The van der Waals surface area contributed by atoms with Gasteiger partial charge < -0.3 is 9.72 Å². The van der Waals surface area contributed by atoms with Crippen LogP contribution in [-0.4, -0.2) is 29.1 Å². The normalized spacial score (nSPS) is 28.0. The van der Waals surface area contributed by atoms with Crippen LogP contribution in [0.25, 0.3) is 0 Å². The van der Waals surface area contributed by atoms with Gasteiger partial charge in [0.25, 0.3) is 0 Å². The Balaban J connectivity index is 2.00. The van der Waals surface area contributed by atoms with Crippen molar-refractivity contribution < 1.29 is 4.74 Å². The molecule has 1 heterocycles. The monoisotopic (exact) mass is 103 g/mol. The molecule has 0 aromatic heterocycles. The Hall–Kier alpha value is 0.137. The highest BCUT2D eigenvalue weighted by molar-refractivity contribution is 6.32. The molecule has 0 spiro atoms. The van der Waals surface area contributed by atoms with Crippen LogP contribution in [-0.2, 0) is 4.74 Å². The average molecular weight is 103 g/mol. The fourth-order valence-electron chi connectivity index (χ4n) is 0.516. The first kappa shape index (κ1) is 4.30. The third kappa shape index (κ3) is 1.08. The van der Waals surface area contributed by atoms with Gasteiger partial charge in [-0.25, -0.2) is 0 Å². The van der Waals surface area contributed by atoms with Crippen LogP contribution in [0.2, 0.25) is 0 Å². The van der Waals surface area contributed by atoms with Crippen LogP contribution in [0.1, 0.15) is 0 Å². The van der Waals surface area contributed by atoms with Crippen molar-refractivity contribution in [2.45, 2.75) is 0 Å². The summed E-state index contributed by atoms with van der Waals surface area (Å²) in [5.41, 5.74) is 0. The quantitative estimate of drug-likeness (QED) is 0.383. The van der Waals surface area contributed by atoms with Gasteiger partial charge in [0.15, 0.2) is 0 Å². The lowest BCUT2D eigenvalue weighted by molar-refractivity contribution is 0.169. The van der Waals surface area contributed by atoms with E-state index in [2.05, 4.69) is 4.98 Å². The lowest BCUT2D eigenvalue weighted by Gasteiger charge is -2.09. The maximum Gasteiger partial charge on any atom is 0.120 e. The second-order valence-corrected chi connectivity index (χ2v) is 2.77. The minimum atomic E-state index is 0.0363. The van der Waals surface area contributed by atoms with Crippen molar-refractivity contribution in [3.8, 4) is 0 Å². The SMILES string of the molecule is C1COC[SiH2]N1. The largest absolute Gasteiger partial charge is 0.383 e. The van der Waals surface area contributed by atoms with Crippen molar-refractivity contribution in [3.63, 3.8) is 0 Å². The smallest absolute Gasteiger partial charge is 0.120 e. The van der Waals surface area contributed by atoms with E-state index in [-0.39, 0.29) is 9.68 Å². The minimum absolute atomic E-state index is 0.0363. The summed E-state index contributed by atoms with van der Waals surface area (Å²) < 4.78 is 5.07. The van der Waals surface area contributed by atoms with Gasteiger partial charge in [-0.2, -0.15) is 0 Å². The van der Waals surface area contributed by atoms with E-state index in [1.54, 1.807) is 0 Å². The van der Waals surface area contributed by atoms with Crippen LogP contribution in [0.4, 0.5) is 0 Å². The summed E-state index contributed by atoms with van der Waals surface area (Å²) in [7, 11) is 0.0363. The first-order valence-corrected chi connectivity index (χ1v) is 3.99. The molecule has 0 bridgehead atoms. The molecule has 1 aliphatic rings. The van der Waals surface area contributed by atoms with Gasteiger partial charge in [0, 0.05) is 12.8 Å². The summed E-state index contributed by atoms with van der Waals surface area (Å²) in [6.07, 6.45) is 1.03. The van der Waals surface area contributed by atoms with E-state index >= 15 is 0 Å². The summed E-state index contributed by atoms with van der Waals surface area (Å²) in [6, 6.07) is 0. The molecular weight excluding hydrogens is 94.1 g/mol. The molecule has 0 aliphatic carbocycles. The van der Waals surface area contributed by atoms with Crippen molar-refractivity contribution >= 4 is 9.68 Å². The van der Waals surface area contributed by atoms with Crippen LogP contribution in [0, 0.1) is 0 Å². The fraction of sp³-hybridized carbons (Fsp3) is 1.00. The summed E-state index contributed by atoms with van der Waals surface area (Å²) >= 11 is 0. The van der Waals surface area contributed by atoms with Gasteiger partial charge >= 0.3 is 0 Å². The third-order valence-corrected chi connectivity index (χ3v) is 2.05. The van der Waals surface area contributed by atoms with E-state index in [0.29, 0.717) is 0 Å². The van der Waals surface area contributed by atoms with E-state index < -0.39 is 0 Å². The van der Waals surface area contributed by atoms with Crippen molar-refractivity contribution in [2.75, 3.05) is 19.4 Å². The highest BCUT2D eigenvalue weighted by atomic mass is 28.2. The summed E-state index contributed by atoms with van der Waals surface area (Å²) in [6.45, 7) is 2.01. The molecule has 6 heavy (non-hydrogen) atoms. The fourth-order valence-corrected chi connectivity index (χ4v) is 1.40.